The van der Waals surface area contributed by atoms with Crippen LogP contribution in [0.4, 0.5) is 5.69 Å². The molecule has 1 aromatic carbocycles. The van der Waals surface area contributed by atoms with E-state index in [1.807, 2.05) is 0 Å². The van der Waals surface area contributed by atoms with Gasteiger partial charge in [-0.25, -0.2) is 4.79 Å². The molecule has 0 radical (unpaired) electrons. The summed E-state index contributed by atoms with van der Waals surface area (Å²) in [6.07, 6.45) is 2.29. The Labute approximate surface area is 85.8 Å². The van der Waals surface area contributed by atoms with Crippen LogP contribution in [0.2, 0.25) is 0 Å². The molecule has 1 aromatic rings. The van der Waals surface area contributed by atoms with Crippen LogP contribution in [-0.4, -0.2) is 16.0 Å². The summed E-state index contributed by atoms with van der Waals surface area (Å²) in [5.74, 6) is -1.08. The van der Waals surface area contributed by atoms with E-state index < -0.39 is 10.9 Å². The lowest BCUT2D eigenvalue weighted by Gasteiger charge is -2.00. The molecule has 15 heavy (non-hydrogen) atoms. The van der Waals surface area contributed by atoms with E-state index in [4.69, 9.17) is 5.11 Å². The molecule has 0 aliphatic rings. The van der Waals surface area contributed by atoms with E-state index in [-0.39, 0.29) is 5.69 Å². The molecule has 0 atom stereocenters. The number of carboxylic acid groups (broad SMARTS) is 1. The summed E-state index contributed by atoms with van der Waals surface area (Å²) in [4.78, 5) is 20.4. The number of nitrogens with zero attached hydrogens (tertiary/aromatic N) is 1. The molecule has 0 bridgehead atoms. The highest BCUT2D eigenvalue weighted by Crippen LogP contribution is 2.21. The molecule has 78 valence electrons. The van der Waals surface area contributed by atoms with Gasteiger partial charge in [0.25, 0.3) is 5.69 Å². The molecule has 1 N–H and O–H groups in total. The lowest BCUT2D eigenvalue weighted by atomic mass is 10.1. The first-order chi connectivity index (χ1) is 7.02. The van der Waals surface area contributed by atoms with Crippen molar-refractivity contribution in [2.24, 2.45) is 0 Å². The second-order valence-electron chi connectivity index (χ2n) is 2.92. The SMILES string of the molecule is Cc1c(C=CC(=O)O)cccc1[N+](=O)[O-]. The highest BCUT2D eigenvalue weighted by molar-refractivity contribution is 5.85. The average molecular weight is 207 g/mol. The van der Waals surface area contributed by atoms with Gasteiger partial charge in [0.2, 0.25) is 0 Å². The molecule has 0 fully saturated rings. The monoisotopic (exact) mass is 207 g/mol. The maximum atomic E-state index is 10.6. The van der Waals surface area contributed by atoms with Gasteiger partial charge in [-0.15, -0.1) is 0 Å². The van der Waals surface area contributed by atoms with Crippen molar-refractivity contribution < 1.29 is 14.8 Å². The van der Waals surface area contributed by atoms with Crippen LogP contribution in [0, 0.1) is 17.0 Å². The first kappa shape index (κ1) is 10.9. The molecule has 0 aromatic heterocycles. The van der Waals surface area contributed by atoms with E-state index in [1.54, 1.807) is 13.0 Å². The third kappa shape index (κ3) is 2.63. The third-order valence-electron chi connectivity index (χ3n) is 1.95. The topological polar surface area (TPSA) is 80.4 Å². The Morgan fingerprint density at radius 2 is 2.20 bits per heavy atom. The number of nitro benzene ring substituents is 1. The summed E-state index contributed by atoms with van der Waals surface area (Å²) in [6, 6.07) is 4.53. The van der Waals surface area contributed by atoms with E-state index in [0.717, 1.165) is 6.08 Å². The van der Waals surface area contributed by atoms with Gasteiger partial charge in [-0.05, 0) is 18.6 Å². The zero-order chi connectivity index (χ0) is 11.4. The number of benzene rings is 1. The summed E-state index contributed by atoms with van der Waals surface area (Å²) < 4.78 is 0. The summed E-state index contributed by atoms with van der Waals surface area (Å²) >= 11 is 0. The average Bonchev–Trinajstić information content (AvgIpc) is 2.15. The molecular formula is C10H9NO4. The minimum Gasteiger partial charge on any atom is -0.478 e. The van der Waals surface area contributed by atoms with Crippen LogP contribution in [0.15, 0.2) is 24.3 Å². The molecule has 1 rings (SSSR count). The molecule has 5 nitrogen and oxygen atoms in total. The second-order valence-corrected chi connectivity index (χ2v) is 2.92. The van der Waals surface area contributed by atoms with Crippen LogP contribution >= 0.6 is 0 Å². The van der Waals surface area contributed by atoms with Crippen LogP contribution in [0.5, 0.6) is 0 Å². The summed E-state index contributed by atoms with van der Waals surface area (Å²) in [6.45, 7) is 1.58. The molecule has 0 aliphatic heterocycles. The summed E-state index contributed by atoms with van der Waals surface area (Å²) in [5.41, 5.74) is 0.981. The van der Waals surface area contributed by atoms with Crippen LogP contribution in [0.1, 0.15) is 11.1 Å². The Balaban J connectivity index is 3.15. The molecule has 0 saturated carbocycles. The smallest absolute Gasteiger partial charge is 0.328 e. The highest BCUT2D eigenvalue weighted by Gasteiger charge is 2.11. The zero-order valence-electron chi connectivity index (χ0n) is 8.01. The molecule has 0 saturated heterocycles. The van der Waals surface area contributed by atoms with E-state index in [0.29, 0.717) is 11.1 Å². The molecule has 5 heteroatoms. The Hall–Kier alpha value is -2.17. The summed E-state index contributed by atoms with van der Waals surface area (Å²) in [5, 5.41) is 19.0. The lowest BCUT2D eigenvalue weighted by Crippen LogP contribution is -1.93. The molecule has 0 amide bonds. The Morgan fingerprint density at radius 3 is 2.73 bits per heavy atom. The van der Waals surface area contributed by atoms with E-state index >= 15 is 0 Å². The van der Waals surface area contributed by atoms with Gasteiger partial charge >= 0.3 is 5.97 Å². The van der Waals surface area contributed by atoms with Crippen molar-refractivity contribution in [2.75, 3.05) is 0 Å². The van der Waals surface area contributed by atoms with Crippen molar-refractivity contribution in [3.8, 4) is 0 Å². The standard InChI is InChI=1S/C10H9NO4/c1-7-8(5-6-10(12)13)3-2-4-9(7)11(14)15/h2-6H,1H3,(H,12,13). The van der Waals surface area contributed by atoms with E-state index in [2.05, 4.69) is 0 Å². The van der Waals surface area contributed by atoms with Crippen LogP contribution in [0.3, 0.4) is 0 Å². The Morgan fingerprint density at radius 1 is 1.53 bits per heavy atom. The van der Waals surface area contributed by atoms with Crippen LogP contribution in [-0.2, 0) is 4.79 Å². The predicted octanol–water partition coefficient (Wildman–Crippen LogP) is 2.00. The third-order valence-corrected chi connectivity index (χ3v) is 1.95. The predicted molar refractivity (Wildman–Crippen MR) is 54.5 cm³/mol. The van der Waals surface area contributed by atoms with Gasteiger partial charge in [0.1, 0.15) is 0 Å². The fourth-order valence-electron chi connectivity index (χ4n) is 1.18. The fraction of sp³-hybridized carbons (Fsp3) is 0.100. The first-order valence-corrected chi connectivity index (χ1v) is 4.17. The van der Waals surface area contributed by atoms with Crippen LogP contribution in [0.25, 0.3) is 6.08 Å². The van der Waals surface area contributed by atoms with Crippen molar-refractivity contribution in [3.05, 3.63) is 45.5 Å². The molecule has 0 aliphatic carbocycles. The van der Waals surface area contributed by atoms with Gasteiger partial charge in [0, 0.05) is 17.7 Å². The maximum absolute atomic E-state index is 10.6. The largest absolute Gasteiger partial charge is 0.478 e. The number of carbonyl (C=O) groups is 1. The van der Waals surface area contributed by atoms with Gasteiger partial charge in [-0.3, -0.25) is 10.1 Å². The first-order valence-electron chi connectivity index (χ1n) is 4.17. The van der Waals surface area contributed by atoms with Crippen molar-refractivity contribution in [3.63, 3.8) is 0 Å². The van der Waals surface area contributed by atoms with Crippen LogP contribution < -0.4 is 0 Å². The van der Waals surface area contributed by atoms with Gasteiger partial charge < -0.3 is 5.11 Å². The molecule has 0 spiro atoms. The fourth-order valence-corrected chi connectivity index (χ4v) is 1.18. The maximum Gasteiger partial charge on any atom is 0.328 e. The lowest BCUT2D eigenvalue weighted by molar-refractivity contribution is -0.385. The number of rotatable bonds is 3. The normalized spacial score (nSPS) is 10.5. The van der Waals surface area contributed by atoms with E-state index in [9.17, 15) is 14.9 Å². The Kier molecular flexibility index (Phi) is 3.17. The second kappa shape index (κ2) is 4.36. The van der Waals surface area contributed by atoms with Crippen molar-refractivity contribution in [2.45, 2.75) is 6.92 Å². The number of hydrogen-bond acceptors (Lipinski definition) is 3. The number of nitro groups is 1. The Bertz CT molecular complexity index is 437. The van der Waals surface area contributed by atoms with Gasteiger partial charge in [0.15, 0.2) is 0 Å². The molecule has 0 heterocycles. The zero-order valence-corrected chi connectivity index (χ0v) is 8.01. The van der Waals surface area contributed by atoms with Gasteiger partial charge in [-0.1, -0.05) is 12.1 Å². The minimum atomic E-state index is -1.08. The molecule has 0 unspecified atom stereocenters. The minimum absolute atomic E-state index is 0.0115. The van der Waals surface area contributed by atoms with Gasteiger partial charge in [-0.2, -0.15) is 0 Å². The quantitative estimate of drug-likeness (QED) is 0.467. The van der Waals surface area contributed by atoms with Crippen molar-refractivity contribution in [1.82, 2.24) is 0 Å². The van der Waals surface area contributed by atoms with Crippen molar-refractivity contribution in [1.29, 1.82) is 0 Å². The number of carboxylic acids is 1. The molecular weight excluding hydrogens is 198 g/mol. The van der Waals surface area contributed by atoms with E-state index in [1.165, 1.54) is 18.2 Å². The summed E-state index contributed by atoms with van der Waals surface area (Å²) in [7, 11) is 0. The van der Waals surface area contributed by atoms with Crippen molar-refractivity contribution >= 4 is 17.7 Å². The van der Waals surface area contributed by atoms with Gasteiger partial charge in [0.05, 0.1) is 4.92 Å². The highest BCUT2D eigenvalue weighted by atomic mass is 16.6. The number of aliphatic carboxylic acids is 1. The number of hydrogen-bond donors (Lipinski definition) is 1.